The van der Waals surface area contributed by atoms with E-state index in [1.54, 1.807) is 29.2 Å². The topological polar surface area (TPSA) is 131 Å². The number of anilines is 2. The van der Waals surface area contributed by atoms with Gasteiger partial charge in [0.05, 0.1) is 23.7 Å². The highest BCUT2D eigenvalue weighted by molar-refractivity contribution is 6.02. The Balaban J connectivity index is 1.06. The van der Waals surface area contributed by atoms with E-state index in [9.17, 15) is 19.7 Å². The standard InChI is InChI=1S/C31H26N4O7/c1-40-23-10-11-24(25(19-23)35(38)39)27-12-13-28(42-27)30(36)32-21-6-8-22(9-7-21)33-14-16-34(17-15-33)31(37)29-18-20-4-2-3-5-26(20)41-29/h2-13,18-19H,14-17H2,1H3,(H,32,36). The Hall–Kier alpha value is -5.58. The summed E-state index contributed by atoms with van der Waals surface area (Å²) in [7, 11) is 1.42. The van der Waals surface area contributed by atoms with Crippen LogP contribution in [0.4, 0.5) is 17.1 Å². The molecule has 1 saturated heterocycles. The zero-order valence-corrected chi connectivity index (χ0v) is 22.6. The van der Waals surface area contributed by atoms with Crippen LogP contribution in [0.15, 0.2) is 93.8 Å². The number of nitrogens with zero attached hydrogens (tertiary/aromatic N) is 3. The maximum atomic E-state index is 13.0. The van der Waals surface area contributed by atoms with Gasteiger partial charge in [0.15, 0.2) is 11.5 Å². The summed E-state index contributed by atoms with van der Waals surface area (Å²) in [5, 5.41) is 15.2. The Morgan fingerprint density at radius 2 is 1.64 bits per heavy atom. The number of furan rings is 2. The highest BCUT2D eigenvalue weighted by Gasteiger charge is 2.25. The van der Waals surface area contributed by atoms with Gasteiger partial charge in [-0.3, -0.25) is 19.7 Å². The van der Waals surface area contributed by atoms with Crippen LogP contribution in [0.5, 0.6) is 5.75 Å². The molecule has 0 radical (unpaired) electrons. The van der Waals surface area contributed by atoms with Gasteiger partial charge in [0.2, 0.25) is 0 Å². The molecule has 2 aromatic heterocycles. The number of nitro groups is 1. The van der Waals surface area contributed by atoms with Gasteiger partial charge >= 0.3 is 0 Å². The molecule has 0 aliphatic carbocycles. The van der Waals surface area contributed by atoms with Crippen molar-refractivity contribution in [2.75, 3.05) is 43.5 Å². The predicted molar refractivity (Wildman–Crippen MR) is 156 cm³/mol. The average molecular weight is 567 g/mol. The van der Waals surface area contributed by atoms with Crippen LogP contribution >= 0.6 is 0 Å². The van der Waals surface area contributed by atoms with Crippen molar-refractivity contribution in [2.45, 2.75) is 0 Å². The lowest BCUT2D eigenvalue weighted by Gasteiger charge is -2.35. The van der Waals surface area contributed by atoms with E-state index in [0.29, 0.717) is 49.0 Å². The minimum absolute atomic E-state index is 0.0180. The zero-order chi connectivity index (χ0) is 29.2. The van der Waals surface area contributed by atoms with Gasteiger partial charge in [-0.1, -0.05) is 18.2 Å². The van der Waals surface area contributed by atoms with Crippen LogP contribution in [-0.2, 0) is 0 Å². The van der Waals surface area contributed by atoms with E-state index in [1.165, 1.54) is 31.4 Å². The first kappa shape index (κ1) is 26.6. The fraction of sp³-hybridized carbons (Fsp3) is 0.161. The number of ether oxygens (including phenoxy) is 1. The van der Waals surface area contributed by atoms with Crippen LogP contribution in [0, 0.1) is 10.1 Å². The van der Waals surface area contributed by atoms with E-state index < -0.39 is 10.8 Å². The van der Waals surface area contributed by atoms with Crippen molar-refractivity contribution in [3.05, 3.63) is 107 Å². The SMILES string of the molecule is COc1ccc(-c2ccc(C(=O)Nc3ccc(N4CCN(C(=O)c5cc6ccccc6o5)CC4)cc3)o2)c([N+](=O)[O-])c1. The number of amides is 2. The van der Waals surface area contributed by atoms with Crippen LogP contribution in [-0.4, -0.2) is 54.9 Å². The lowest BCUT2D eigenvalue weighted by Crippen LogP contribution is -2.48. The number of carbonyl (C=O) groups excluding carboxylic acids is 2. The van der Waals surface area contributed by atoms with E-state index in [1.807, 2.05) is 36.4 Å². The molecule has 1 fully saturated rings. The minimum atomic E-state index is -0.528. The van der Waals surface area contributed by atoms with Crippen LogP contribution in [0.3, 0.4) is 0 Å². The molecule has 42 heavy (non-hydrogen) atoms. The zero-order valence-electron chi connectivity index (χ0n) is 22.6. The van der Waals surface area contributed by atoms with Gasteiger partial charge in [0.25, 0.3) is 17.5 Å². The third-order valence-electron chi connectivity index (χ3n) is 7.19. The molecule has 11 heteroatoms. The summed E-state index contributed by atoms with van der Waals surface area (Å²) in [4.78, 5) is 40.8. The van der Waals surface area contributed by atoms with Gasteiger partial charge in [-0.2, -0.15) is 0 Å². The maximum Gasteiger partial charge on any atom is 0.291 e. The molecule has 1 N–H and O–H groups in total. The second kappa shape index (κ2) is 11.1. The van der Waals surface area contributed by atoms with Crippen molar-refractivity contribution in [3.8, 4) is 17.1 Å². The molecular formula is C31H26N4O7. The van der Waals surface area contributed by atoms with E-state index in [4.69, 9.17) is 13.6 Å². The molecule has 11 nitrogen and oxygen atoms in total. The van der Waals surface area contributed by atoms with Gasteiger partial charge in [-0.15, -0.1) is 0 Å². The Morgan fingerprint density at radius 1 is 0.881 bits per heavy atom. The molecule has 212 valence electrons. The van der Waals surface area contributed by atoms with Crippen LogP contribution < -0.4 is 15.0 Å². The van der Waals surface area contributed by atoms with Crippen molar-refractivity contribution < 1.29 is 28.1 Å². The second-order valence-corrected chi connectivity index (χ2v) is 9.73. The number of rotatable bonds is 7. The van der Waals surface area contributed by atoms with Gasteiger partial charge in [-0.05, 0) is 60.7 Å². The molecule has 0 spiro atoms. The maximum absolute atomic E-state index is 13.0. The monoisotopic (exact) mass is 566 g/mol. The number of hydrogen-bond acceptors (Lipinski definition) is 8. The fourth-order valence-electron chi connectivity index (χ4n) is 4.96. The number of nitro benzene ring substituents is 1. The van der Waals surface area contributed by atoms with Crippen molar-refractivity contribution >= 4 is 39.8 Å². The average Bonchev–Trinajstić information content (AvgIpc) is 3.69. The van der Waals surface area contributed by atoms with Crippen molar-refractivity contribution in [2.24, 2.45) is 0 Å². The number of benzene rings is 3. The lowest BCUT2D eigenvalue weighted by atomic mass is 10.1. The molecule has 5 aromatic rings. The number of methoxy groups -OCH3 is 1. The normalized spacial score (nSPS) is 13.3. The summed E-state index contributed by atoms with van der Waals surface area (Å²) in [5.41, 5.74) is 2.28. The molecule has 0 saturated carbocycles. The van der Waals surface area contributed by atoms with Gasteiger partial charge in [0.1, 0.15) is 17.1 Å². The quantitative estimate of drug-likeness (QED) is 0.192. The van der Waals surface area contributed by atoms with Crippen molar-refractivity contribution in [3.63, 3.8) is 0 Å². The summed E-state index contributed by atoms with van der Waals surface area (Å²) in [6.07, 6.45) is 0. The number of fused-ring (bicyclic) bond motifs is 1. The number of hydrogen-bond donors (Lipinski definition) is 1. The summed E-state index contributed by atoms with van der Waals surface area (Å²) in [6.45, 7) is 2.43. The number of para-hydroxylation sites is 1. The van der Waals surface area contributed by atoms with E-state index in [-0.39, 0.29) is 28.7 Å². The smallest absolute Gasteiger partial charge is 0.291 e. The number of carbonyl (C=O) groups is 2. The fourth-order valence-corrected chi connectivity index (χ4v) is 4.96. The van der Waals surface area contributed by atoms with E-state index >= 15 is 0 Å². The first-order chi connectivity index (χ1) is 20.4. The third-order valence-corrected chi connectivity index (χ3v) is 7.19. The predicted octanol–water partition coefficient (Wildman–Crippen LogP) is 5.82. The molecule has 2 amide bonds. The highest BCUT2D eigenvalue weighted by Crippen LogP contribution is 2.34. The first-order valence-corrected chi connectivity index (χ1v) is 13.3. The van der Waals surface area contributed by atoms with Gasteiger partial charge < -0.3 is 28.7 Å². The Bertz CT molecular complexity index is 1750. The summed E-state index contributed by atoms with van der Waals surface area (Å²) in [6, 6.07) is 24.1. The molecule has 0 atom stereocenters. The third kappa shape index (κ3) is 5.27. The molecule has 0 unspecified atom stereocenters. The lowest BCUT2D eigenvalue weighted by molar-refractivity contribution is -0.384. The van der Waals surface area contributed by atoms with Crippen LogP contribution in [0.2, 0.25) is 0 Å². The second-order valence-electron chi connectivity index (χ2n) is 9.73. The van der Waals surface area contributed by atoms with Crippen LogP contribution in [0.25, 0.3) is 22.3 Å². The summed E-state index contributed by atoms with van der Waals surface area (Å²) < 4.78 is 16.5. The number of nitrogens with one attached hydrogen (secondary N) is 1. The first-order valence-electron chi connectivity index (χ1n) is 13.3. The molecule has 6 rings (SSSR count). The Labute approximate surface area is 240 Å². The highest BCUT2D eigenvalue weighted by atomic mass is 16.6. The molecule has 0 bridgehead atoms. The van der Waals surface area contributed by atoms with Crippen molar-refractivity contribution in [1.82, 2.24) is 4.90 Å². The Morgan fingerprint density at radius 3 is 2.36 bits per heavy atom. The van der Waals surface area contributed by atoms with E-state index in [0.717, 1.165) is 11.1 Å². The summed E-state index contributed by atoms with van der Waals surface area (Å²) >= 11 is 0. The van der Waals surface area contributed by atoms with Crippen LogP contribution in [0.1, 0.15) is 21.1 Å². The molecule has 1 aliphatic rings. The number of piperazine rings is 1. The van der Waals surface area contributed by atoms with Gasteiger partial charge in [-0.25, -0.2) is 0 Å². The Kier molecular flexibility index (Phi) is 7.05. The van der Waals surface area contributed by atoms with E-state index in [2.05, 4.69) is 10.2 Å². The summed E-state index contributed by atoms with van der Waals surface area (Å²) in [5.74, 6) is 0.300. The molecular weight excluding hydrogens is 540 g/mol. The molecule has 1 aliphatic heterocycles. The molecule has 3 heterocycles. The van der Waals surface area contributed by atoms with Crippen molar-refractivity contribution in [1.29, 1.82) is 0 Å². The largest absolute Gasteiger partial charge is 0.497 e. The van der Waals surface area contributed by atoms with Gasteiger partial charge in [0, 0.05) is 42.9 Å². The molecule has 3 aromatic carbocycles. The minimum Gasteiger partial charge on any atom is -0.497 e.